The Morgan fingerprint density at radius 3 is 3.05 bits per heavy atom. The summed E-state index contributed by atoms with van der Waals surface area (Å²) < 4.78 is 4.38. The van der Waals surface area contributed by atoms with E-state index in [1.165, 1.54) is 4.68 Å². The fourth-order valence-electron chi connectivity index (χ4n) is 2.60. The van der Waals surface area contributed by atoms with Gasteiger partial charge in [-0.05, 0) is 28.4 Å². The zero-order chi connectivity index (χ0) is 14.1. The fourth-order valence-corrected chi connectivity index (χ4v) is 2.90. The van der Waals surface area contributed by atoms with E-state index in [4.69, 9.17) is 0 Å². The Labute approximate surface area is 125 Å². The van der Waals surface area contributed by atoms with Gasteiger partial charge in [-0.1, -0.05) is 0 Å². The normalized spacial score (nSPS) is 19.6. The van der Waals surface area contributed by atoms with Crippen LogP contribution in [-0.4, -0.2) is 37.6 Å². The van der Waals surface area contributed by atoms with E-state index in [0.29, 0.717) is 12.6 Å². The minimum atomic E-state index is -0.0159. The topological polar surface area (TPSA) is 56.0 Å². The Bertz CT molecular complexity index is 665. The maximum atomic E-state index is 12.0. The van der Waals surface area contributed by atoms with Gasteiger partial charge in [0.25, 0.3) is 5.56 Å². The molecule has 0 saturated carbocycles. The summed E-state index contributed by atoms with van der Waals surface area (Å²) >= 11 is 3.42. The number of aryl methyl sites for hydroxylation is 1. The van der Waals surface area contributed by atoms with Crippen LogP contribution < -0.4 is 5.56 Å². The predicted octanol–water partition coefficient (Wildman–Crippen LogP) is 1.19. The molecule has 2 aromatic rings. The molecule has 0 N–H and O–H groups in total. The molecule has 1 aliphatic rings. The molecule has 1 unspecified atom stereocenters. The highest BCUT2D eigenvalue weighted by molar-refractivity contribution is 9.10. The summed E-state index contributed by atoms with van der Waals surface area (Å²) in [5.74, 6) is 0. The lowest BCUT2D eigenvalue weighted by molar-refractivity contribution is 0.309. The van der Waals surface area contributed by atoms with Crippen molar-refractivity contribution in [2.45, 2.75) is 19.0 Å². The van der Waals surface area contributed by atoms with Crippen molar-refractivity contribution in [2.24, 2.45) is 7.05 Å². The van der Waals surface area contributed by atoms with Gasteiger partial charge < -0.3 is 0 Å². The van der Waals surface area contributed by atoms with Gasteiger partial charge >= 0.3 is 0 Å². The largest absolute Gasteiger partial charge is 0.297 e. The Hall–Kier alpha value is -1.47. The number of halogens is 1. The van der Waals surface area contributed by atoms with Gasteiger partial charge in [0.15, 0.2) is 0 Å². The van der Waals surface area contributed by atoms with E-state index in [1.807, 2.05) is 10.9 Å². The first-order valence-corrected chi connectivity index (χ1v) is 7.36. The van der Waals surface area contributed by atoms with Crippen LogP contribution >= 0.6 is 15.9 Å². The number of rotatable bonds is 3. The minimum Gasteiger partial charge on any atom is -0.297 e. The van der Waals surface area contributed by atoms with Gasteiger partial charge in [-0.3, -0.25) is 14.4 Å². The molecule has 0 amide bonds. The summed E-state index contributed by atoms with van der Waals surface area (Å²) in [7, 11) is 1.68. The smallest absolute Gasteiger partial charge is 0.270 e. The molecular weight excluding hydrogens is 322 g/mol. The average Bonchev–Trinajstić information content (AvgIpc) is 3.04. The van der Waals surface area contributed by atoms with E-state index in [2.05, 4.69) is 31.0 Å². The molecule has 3 rings (SSSR count). The van der Waals surface area contributed by atoms with Crippen molar-refractivity contribution in [2.75, 3.05) is 13.1 Å². The highest BCUT2D eigenvalue weighted by Crippen LogP contribution is 2.23. The molecule has 1 fully saturated rings. The van der Waals surface area contributed by atoms with Gasteiger partial charge in [-0.25, -0.2) is 4.68 Å². The number of likely N-dealkylation sites (tertiary alicyclic amines) is 1. The highest BCUT2D eigenvalue weighted by atomic mass is 79.9. The summed E-state index contributed by atoms with van der Waals surface area (Å²) in [6, 6.07) is 2.19. The van der Waals surface area contributed by atoms with Crippen molar-refractivity contribution >= 4 is 15.9 Å². The summed E-state index contributed by atoms with van der Waals surface area (Å²) in [4.78, 5) is 14.3. The number of hydrogen-bond donors (Lipinski definition) is 0. The van der Waals surface area contributed by atoms with Gasteiger partial charge in [0.05, 0.1) is 16.7 Å². The zero-order valence-electron chi connectivity index (χ0n) is 11.2. The van der Waals surface area contributed by atoms with Crippen LogP contribution in [0.3, 0.4) is 0 Å². The molecule has 106 valence electrons. The second kappa shape index (κ2) is 5.49. The van der Waals surface area contributed by atoms with E-state index >= 15 is 0 Å². The van der Waals surface area contributed by atoms with Gasteiger partial charge in [-0.15, -0.1) is 0 Å². The molecule has 2 aromatic heterocycles. The first-order chi connectivity index (χ1) is 9.63. The van der Waals surface area contributed by atoms with Gasteiger partial charge in [0, 0.05) is 44.6 Å². The van der Waals surface area contributed by atoms with Crippen molar-refractivity contribution in [3.63, 3.8) is 0 Å². The Kier molecular flexibility index (Phi) is 3.71. The van der Waals surface area contributed by atoms with E-state index < -0.39 is 0 Å². The lowest BCUT2D eigenvalue weighted by Crippen LogP contribution is -2.29. The third-order valence-electron chi connectivity index (χ3n) is 3.67. The van der Waals surface area contributed by atoms with Crippen LogP contribution in [0.4, 0.5) is 0 Å². The molecule has 6 nitrogen and oxygen atoms in total. The molecule has 0 aromatic carbocycles. The summed E-state index contributed by atoms with van der Waals surface area (Å²) in [6.45, 7) is 2.57. The van der Waals surface area contributed by atoms with Crippen LogP contribution in [0.2, 0.25) is 0 Å². The fraction of sp³-hybridized carbons (Fsp3) is 0.462. The SMILES string of the molecule is Cn1nccc(CN2CCC(n3cc(Br)cn3)C2)c1=O. The van der Waals surface area contributed by atoms with E-state index in [9.17, 15) is 4.79 Å². The van der Waals surface area contributed by atoms with Crippen LogP contribution in [0.15, 0.2) is 33.9 Å². The van der Waals surface area contributed by atoms with Crippen LogP contribution in [-0.2, 0) is 13.6 Å². The summed E-state index contributed by atoms with van der Waals surface area (Å²) in [5, 5.41) is 8.28. The van der Waals surface area contributed by atoms with Crippen molar-refractivity contribution in [3.8, 4) is 0 Å². The molecule has 1 atom stereocenters. The Morgan fingerprint density at radius 2 is 2.30 bits per heavy atom. The van der Waals surface area contributed by atoms with Crippen LogP contribution in [0.1, 0.15) is 18.0 Å². The first-order valence-electron chi connectivity index (χ1n) is 6.56. The van der Waals surface area contributed by atoms with E-state index in [-0.39, 0.29) is 5.56 Å². The summed E-state index contributed by atoms with van der Waals surface area (Å²) in [5.41, 5.74) is 0.780. The Morgan fingerprint density at radius 1 is 1.45 bits per heavy atom. The molecule has 0 radical (unpaired) electrons. The molecule has 1 saturated heterocycles. The molecular formula is C13H16BrN5O. The molecule has 0 spiro atoms. The zero-order valence-corrected chi connectivity index (χ0v) is 12.8. The van der Waals surface area contributed by atoms with Crippen LogP contribution in [0.25, 0.3) is 0 Å². The van der Waals surface area contributed by atoms with Crippen molar-refractivity contribution in [3.05, 3.63) is 45.0 Å². The van der Waals surface area contributed by atoms with Gasteiger partial charge in [-0.2, -0.15) is 10.2 Å². The second-order valence-corrected chi connectivity index (χ2v) is 6.02. The molecule has 20 heavy (non-hydrogen) atoms. The number of nitrogens with zero attached hydrogens (tertiary/aromatic N) is 5. The molecule has 0 aliphatic carbocycles. The maximum absolute atomic E-state index is 12.0. The van der Waals surface area contributed by atoms with E-state index in [0.717, 1.165) is 29.5 Å². The lowest BCUT2D eigenvalue weighted by atomic mass is 10.3. The third kappa shape index (κ3) is 2.69. The maximum Gasteiger partial charge on any atom is 0.270 e. The lowest BCUT2D eigenvalue weighted by Gasteiger charge is -2.16. The molecule has 0 bridgehead atoms. The quantitative estimate of drug-likeness (QED) is 0.844. The monoisotopic (exact) mass is 337 g/mol. The standard InChI is InChI=1S/C13H16BrN5O/c1-17-13(20)10(2-4-15-17)7-18-5-3-12(9-18)19-8-11(14)6-16-19/h2,4,6,8,12H,3,5,7,9H2,1H3. The van der Waals surface area contributed by atoms with Crippen molar-refractivity contribution in [1.82, 2.24) is 24.5 Å². The summed E-state index contributed by atoms with van der Waals surface area (Å²) in [6.07, 6.45) is 6.54. The Balaban J connectivity index is 1.69. The predicted molar refractivity (Wildman–Crippen MR) is 78.3 cm³/mol. The van der Waals surface area contributed by atoms with Gasteiger partial charge in [0.2, 0.25) is 0 Å². The second-order valence-electron chi connectivity index (χ2n) is 5.10. The van der Waals surface area contributed by atoms with E-state index in [1.54, 1.807) is 25.5 Å². The van der Waals surface area contributed by atoms with Crippen molar-refractivity contribution in [1.29, 1.82) is 0 Å². The number of hydrogen-bond acceptors (Lipinski definition) is 4. The van der Waals surface area contributed by atoms with Crippen LogP contribution in [0, 0.1) is 0 Å². The first kappa shape index (κ1) is 13.5. The molecule has 1 aliphatic heterocycles. The van der Waals surface area contributed by atoms with Crippen molar-refractivity contribution < 1.29 is 0 Å². The average molecular weight is 338 g/mol. The van der Waals surface area contributed by atoms with Crippen LogP contribution in [0.5, 0.6) is 0 Å². The molecule has 7 heteroatoms. The minimum absolute atomic E-state index is 0.0159. The third-order valence-corrected chi connectivity index (χ3v) is 4.08. The highest BCUT2D eigenvalue weighted by Gasteiger charge is 2.25. The molecule has 3 heterocycles. The van der Waals surface area contributed by atoms with Gasteiger partial charge in [0.1, 0.15) is 0 Å². The number of aromatic nitrogens is 4.